The molecule has 2 fully saturated rings. The highest BCUT2D eigenvalue weighted by Crippen LogP contribution is 2.34. The normalized spacial score (nSPS) is 26.9. The molecule has 132 valence electrons. The van der Waals surface area contributed by atoms with Crippen molar-refractivity contribution in [3.8, 4) is 0 Å². The van der Waals surface area contributed by atoms with Gasteiger partial charge in [-0.15, -0.1) is 0 Å². The first-order valence-corrected chi connectivity index (χ1v) is 8.86. The fourth-order valence-electron chi connectivity index (χ4n) is 3.55. The van der Waals surface area contributed by atoms with Crippen molar-refractivity contribution in [1.82, 2.24) is 4.90 Å². The zero-order chi connectivity index (χ0) is 17.0. The van der Waals surface area contributed by atoms with Crippen molar-refractivity contribution in [2.75, 3.05) is 39.6 Å². The SMILES string of the molecule is CCOC[C@@H]1C[C@@]2(COCCN2C(=O)c2ccc(CC)cc2)CO1. The minimum Gasteiger partial charge on any atom is -0.379 e. The quantitative estimate of drug-likeness (QED) is 0.829. The number of carbonyl (C=O) groups excluding carboxylic acids is 1. The summed E-state index contributed by atoms with van der Waals surface area (Å²) >= 11 is 0. The molecule has 0 radical (unpaired) electrons. The van der Waals surface area contributed by atoms with Crippen molar-refractivity contribution >= 4 is 5.91 Å². The molecule has 2 aliphatic heterocycles. The lowest BCUT2D eigenvalue weighted by Gasteiger charge is -2.43. The van der Waals surface area contributed by atoms with E-state index in [0.717, 1.165) is 18.4 Å². The Balaban J connectivity index is 1.75. The first-order valence-electron chi connectivity index (χ1n) is 8.86. The van der Waals surface area contributed by atoms with Crippen LogP contribution in [-0.4, -0.2) is 62.0 Å². The van der Waals surface area contributed by atoms with Crippen LogP contribution >= 0.6 is 0 Å². The highest BCUT2D eigenvalue weighted by atomic mass is 16.5. The van der Waals surface area contributed by atoms with Crippen LogP contribution < -0.4 is 0 Å². The average Bonchev–Trinajstić information content (AvgIpc) is 3.03. The van der Waals surface area contributed by atoms with Gasteiger partial charge in [0.2, 0.25) is 0 Å². The van der Waals surface area contributed by atoms with Gasteiger partial charge in [-0.1, -0.05) is 19.1 Å². The van der Waals surface area contributed by atoms with Crippen molar-refractivity contribution in [2.24, 2.45) is 0 Å². The van der Waals surface area contributed by atoms with Crippen LogP contribution in [0.15, 0.2) is 24.3 Å². The molecule has 1 spiro atoms. The second-order valence-corrected chi connectivity index (χ2v) is 6.58. The van der Waals surface area contributed by atoms with Crippen LogP contribution in [0.1, 0.15) is 36.2 Å². The molecule has 2 aliphatic rings. The van der Waals surface area contributed by atoms with Gasteiger partial charge in [0.1, 0.15) is 0 Å². The van der Waals surface area contributed by atoms with E-state index >= 15 is 0 Å². The number of rotatable bonds is 5. The van der Waals surface area contributed by atoms with Crippen molar-refractivity contribution < 1.29 is 19.0 Å². The van der Waals surface area contributed by atoms with E-state index in [2.05, 4.69) is 6.92 Å². The lowest BCUT2D eigenvalue weighted by Crippen LogP contribution is -2.59. The Kier molecular flexibility index (Phi) is 5.54. The first kappa shape index (κ1) is 17.4. The summed E-state index contributed by atoms with van der Waals surface area (Å²) in [6.07, 6.45) is 1.78. The minimum absolute atomic E-state index is 0.0319. The van der Waals surface area contributed by atoms with E-state index < -0.39 is 0 Å². The van der Waals surface area contributed by atoms with Crippen LogP contribution in [0.3, 0.4) is 0 Å². The number of nitrogens with zero attached hydrogens (tertiary/aromatic N) is 1. The van der Waals surface area contributed by atoms with Gasteiger partial charge in [-0.05, 0) is 31.0 Å². The monoisotopic (exact) mass is 333 g/mol. The number of benzene rings is 1. The maximum absolute atomic E-state index is 13.1. The Morgan fingerprint density at radius 1 is 1.29 bits per heavy atom. The Morgan fingerprint density at radius 2 is 2.08 bits per heavy atom. The van der Waals surface area contributed by atoms with Gasteiger partial charge in [0.25, 0.3) is 5.91 Å². The molecule has 0 saturated carbocycles. The molecule has 1 aromatic rings. The highest BCUT2D eigenvalue weighted by Gasteiger charge is 2.49. The van der Waals surface area contributed by atoms with E-state index in [0.29, 0.717) is 39.6 Å². The molecule has 0 bridgehead atoms. The van der Waals surface area contributed by atoms with Gasteiger partial charge in [-0.3, -0.25) is 4.79 Å². The average molecular weight is 333 g/mol. The van der Waals surface area contributed by atoms with Crippen molar-refractivity contribution in [3.63, 3.8) is 0 Å². The smallest absolute Gasteiger partial charge is 0.254 e. The van der Waals surface area contributed by atoms with E-state index in [9.17, 15) is 4.79 Å². The third kappa shape index (κ3) is 3.48. The number of hydrogen-bond donors (Lipinski definition) is 0. The number of ether oxygens (including phenoxy) is 3. The Morgan fingerprint density at radius 3 is 2.79 bits per heavy atom. The lowest BCUT2D eigenvalue weighted by atomic mass is 9.92. The Hall–Kier alpha value is -1.43. The standard InChI is InChI=1S/C19H27NO4/c1-3-15-5-7-16(8-6-15)18(21)20-9-10-23-13-19(20)11-17(24-14-19)12-22-4-2/h5-8,17H,3-4,9-14H2,1-2H3/t17-,19+/m0/s1. The second-order valence-electron chi connectivity index (χ2n) is 6.58. The minimum atomic E-state index is -0.361. The van der Waals surface area contributed by atoms with Gasteiger partial charge in [0, 0.05) is 25.1 Å². The summed E-state index contributed by atoms with van der Waals surface area (Å²) in [5, 5.41) is 0. The van der Waals surface area contributed by atoms with Gasteiger partial charge < -0.3 is 19.1 Å². The first-order chi connectivity index (χ1) is 11.7. The van der Waals surface area contributed by atoms with E-state index in [4.69, 9.17) is 14.2 Å². The lowest BCUT2D eigenvalue weighted by molar-refractivity contribution is -0.0559. The molecule has 5 nitrogen and oxygen atoms in total. The van der Waals surface area contributed by atoms with Crippen LogP contribution in [0, 0.1) is 0 Å². The van der Waals surface area contributed by atoms with Gasteiger partial charge in [-0.2, -0.15) is 0 Å². The second kappa shape index (κ2) is 7.64. The molecule has 2 saturated heterocycles. The maximum Gasteiger partial charge on any atom is 0.254 e. The molecule has 3 rings (SSSR count). The molecule has 1 aromatic carbocycles. The summed E-state index contributed by atoms with van der Waals surface area (Å²) in [5.74, 6) is 0.0709. The summed E-state index contributed by atoms with van der Waals surface area (Å²) in [6.45, 7) is 7.58. The molecule has 1 amide bonds. The topological polar surface area (TPSA) is 48.0 Å². The molecule has 0 unspecified atom stereocenters. The highest BCUT2D eigenvalue weighted by molar-refractivity contribution is 5.95. The number of aryl methyl sites for hydroxylation is 1. The van der Waals surface area contributed by atoms with Crippen molar-refractivity contribution in [3.05, 3.63) is 35.4 Å². The largest absolute Gasteiger partial charge is 0.379 e. The maximum atomic E-state index is 13.1. The number of amides is 1. The number of hydrogen-bond acceptors (Lipinski definition) is 4. The molecular weight excluding hydrogens is 306 g/mol. The van der Waals surface area contributed by atoms with Gasteiger partial charge in [-0.25, -0.2) is 0 Å². The van der Waals surface area contributed by atoms with Crippen molar-refractivity contribution in [2.45, 2.75) is 38.3 Å². The molecular formula is C19H27NO4. The predicted octanol–water partition coefficient (Wildman–Crippen LogP) is 2.29. The molecule has 0 aromatic heterocycles. The summed E-state index contributed by atoms with van der Waals surface area (Å²) in [4.78, 5) is 15.0. The fraction of sp³-hybridized carbons (Fsp3) is 0.632. The molecule has 2 heterocycles. The molecule has 2 atom stereocenters. The fourth-order valence-corrected chi connectivity index (χ4v) is 3.55. The van der Waals surface area contributed by atoms with E-state index in [-0.39, 0.29) is 17.6 Å². The van der Waals surface area contributed by atoms with Gasteiger partial charge >= 0.3 is 0 Å². The summed E-state index contributed by atoms with van der Waals surface area (Å²) in [7, 11) is 0. The van der Waals surface area contributed by atoms with Crippen molar-refractivity contribution in [1.29, 1.82) is 0 Å². The zero-order valence-electron chi connectivity index (χ0n) is 14.6. The Labute approximate surface area is 143 Å². The third-order valence-corrected chi connectivity index (χ3v) is 4.96. The predicted molar refractivity (Wildman–Crippen MR) is 91.3 cm³/mol. The molecule has 5 heteroatoms. The molecule has 24 heavy (non-hydrogen) atoms. The van der Waals surface area contributed by atoms with Crippen LogP contribution in [0.2, 0.25) is 0 Å². The van der Waals surface area contributed by atoms with E-state index in [1.54, 1.807) is 0 Å². The van der Waals surface area contributed by atoms with Gasteiger partial charge in [0.15, 0.2) is 0 Å². The summed E-state index contributed by atoms with van der Waals surface area (Å²) in [6, 6.07) is 7.92. The number of morpholine rings is 1. The zero-order valence-corrected chi connectivity index (χ0v) is 14.6. The summed E-state index contributed by atoms with van der Waals surface area (Å²) in [5.41, 5.74) is 1.62. The molecule has 0 N–H and O–H groups in total. The van der Waals surface area contributed by atoms with Crippen LogP contribution in [0.4, 0.5) is 0 Å². The third-order valence-electron chi connectivity index (χ3n) is 4.96. The van der Waals surface area contributed by atoms with E-state index in [1.165, 1.54) is 5.56 Å². The van der Waals surface area contributed by atoms with Crippen LogP contribution in [0.5, 0.6) is 0 Å². The van der Waals surface area contributed by atoms with E-state index in [1.807, 2.05) is 36.1 Å². The summed E-state index contributed by atoms with van der Waals surface area (Å²) < 4.78 is 17.1. The van der Waals surface area contributed by atoms with Crippen LogP contribution in [-0.2, 0) is 20.6 Å². The molecule has 0 aliphatic carbocycles. The van der Waals surface area contributed by atoms with Crippen LogP contribution in [0.25, 0.3) is 0 Å². The Bertz CT molecular complexity index is 559. The van der Waals surface area contributed by atoms with Gasteiger partial charge in [0.05, 0.1) is 38.1 Å². The number of carbonyl (C=O) groups is 1.